The quantitative estimate of drug-likeness (QED) is 0.800. The van der Waals surface area contributed by atoms with Gasteiger partial charge in [-0.05, 0) is 61.7 Å². The summed E-state index contributed by atoms with van der Waals surface area (Å²) in [6.07, 6.45) is 10.9. The van der Waals surface area contributed by atoms with Gasteiger partial charge in [-0.2, -0.15) is 0 Å². The molecule has 0 amide bonds. The molecule has 29 heavy (non-hydrogen) atoms. The maximum atomic E-state index is 5.51. The largest absolute Gasteiger partial charge is 0.479 e. The van der Waals surface area contributed by atoms with Crippen LogP contribution in [0.5, 0.6) is 0 Å². The van der Waals surface area contributed by atoms with Crippen molar-refractivity contribution in [2.45, 2.75) is 25.8 Å². The molecule has 2 saturated heterocycles. The topological polar surface area (TPSA) is 74.5 Å². The highest BCUT2D eigenvalue weighted by molar-refractivity contribution is 6.47. The van der Waals surface area contributed by atoms with Gasteiger partial charge in [-0.3, -0.25) is 9.98 Å². The van der Waals surface area contributed by atoms with Gasteiger partial charge in [-0.15, -0.1) is 0 Å². The van der Waals surface area contributed by atoms with E-state index >= 15 is 0 Å². The fourth-order valence-corrected chi connectivity index (χ4v) is 4.35. The number of pyridine rings is 1. The molecule has 0 radical (unpaired) electrons. The molecule has 4 heterocycles. The number of aliphatic imine (C=N–C) groups is 3. The molecule has 7 nitrogen and oxygen atoms in total. The van der Waals surface area contributed by atoms with Crippen molar-refractivity contribution in [2.75, 3.05) is 33.3 Å². The van der Waals surface area contributed by atoms with Crippen LogP contribution in [-0.4, -0.2) is 61.5 Å². The Labute approximate surface area is 172 Å². The molecule has 0 unspecified atom stereocenters. The molecule has 0 bridgehead atoms. The Hall–Kier alpha value is -2.80. The number of nitrogens with zero attached hydrogens (tertiary/aromatic N) is 5. The van der Waals surface area contributed by atoms with Crippen molar-refractivity contribution >= 4 is 18.3 Å². The molecule has 3 aliphatic rings. The van der Waals surface area contributed by atoms with Crippen LogP contribution in [-0.2, 0) is 11.3 Å². The number of rotatable bonds is 4. The van der Waals surface area contributed by atoms with Gasteiger partial charge >= 0.3 is 0 Å². The third kappa shape index (κ3) is 4.15. The first-order chi connectivity index (χ1) is 14.2. The van der Waals surface area contributed by atoms with Crippen molar-refractivity contribution < 1.29 is 4.74 Å². The molecule has 152 valence electrons. The minimum Gasteiger partial charge on any atom is -0.479 e. The van der Waals surface area contributed by atoms with Gasteiger partial charge in [0.05, 0.1) is 13.7 Å². The average Bonchev–Trinajstić information content (AvgIpc) is 3.23. The Morgan fingerprint density at radius 2 is 2.07 bits per heavy atom. The van der Waals surface area contributed by atoms with Crippen molar-refractivity contribution in [2.24, 2.45) is 20.4 Å². The first-order valence-corrected chi connectivity index (χ1v) is 10.1. The van der Waals surface area contributed by atoms with Crippen molar-refractivity contribution in [1.82, 2.24) is 15.2 Å². The predicted molar refractivity (Wildman–Crippen MR) is 116 cm³/mol. The molecule has 0 aromatic carbocycles. The molecule has 1 aromatic rings. The van der Waals surface area contributed by atoms with Crippen LogP contribution in [0.15, 0.2) is 63.2 Å². The highest BCUT2D eigenvalue weighted by Gasteiger charge is 2.38. The van der Waals surface area contributed by atoms with Crippen LogP contribution < -0.4 is 5.32 Å². The molecule has 1 aromatic heterocycles. The van der Waals surface area contributed by atoms with Crippen LogP contribution in [0, 0.1) is 5.41 Å². The number of ether oxygens (including phenoxy) is 1. The summed E-state index contributed by atoms with van der Waals surface area (Å²) in [5.74, 6) is 1.37. The van der Waals surface area contributed by atoms with Crippen LogP contribution in [0.2, 0.25) is 0 Å². The lowest BCUT2D eigenvalue weighted by Crippen LogP contribution is -2.41. The monoisotopic (exact) mass is 392 g/mol. The smallest absolute Gasteiger partial charge is 0.239 e. The van der Waals surface area contributed by atoms with Crippen LogP contribution in [0.1, 0.15) is 24.8 Å². The minimum absolute atomic E-state index is 0.452. The summed E-state index contributed by atoms with van der Waals surface area (Å²) in [7, 11) is 1.62. The van der Waals surface area contributed by atoms with Gasteiger partial charge in [0.25, 0.3) is 0 Å². The van der Waals surface area contributed by atoms with E-state index < -0.39 is 0 Å². The second-order valence-electron chi connectivity index (χ2n) is 7.78. The number of allylic oxidation sites excluding steroid dienone is 1. The van der Waals surface area contributed by atoms with E-state index in [-0.39, 0.29) is 0 Å². The molecule has 0 saturated carbocycles. The highest BCUT2D eigenvalue weighted by Crippen LogP contribution is 2.38. The van der Waals surface area contributed by atoms with Crippen molar-refractivity contribution in [3.8, 4) is 0 Å². The molecule has 0 aliphatic carbocycles. The lowest BCUT2D eigenvalue weighted by Gasteiger charge is -2.40. The van der Waals surface area contributed by atoms with E-state index in [4.69, 9.17) is 9.73 Å². The highest BCUT2D eigenvalue weighted by atomic mass is 16.5. The summed E-state index contributed by atoms with van der Waals surface area (Å²) in [6, 6.07) is 3.92. The molecule has 0 atom stereocenters. The maximum absolute atomic E-state index is 5.51. The summed E-state index contributed by atoms with van der Waals surface area (Å²) in [6.45, 7) is 8.61. The lowest BCUT2D eigenvalue weighted by atomic mass is 9.78. The van der Waals surface area contributed by atoms with Gasteiger partial charge in [-0.1, -0.05) is 0 Å². The van der Waals surface area contributed by atoms with Crippen LogP contribution >= 0.6 is 0 Å². The Morgan fingerprint density at radius 1 is 1.28 bits per heavy atom. The van der Waals surface area contributed by atoms with Gasteiger partial charge in [0.2, 0.25) is 5.90 Å². The summed E-state index contributed by atoms with van der Waals surface area (Å²) in [5.41, 5.74) is 3.17. The number of piperidine rings is 1. The predicted octanol–water partition coefficient (Wildman–Crippen LogP) is 2.58. The van der Waals surface area contributed by atoms with Crippen molar-refractivity contribution in [1.29, 1.82) is 0 Å². The molecule has 3 aliphatic heterocycles. The minimum atomic E-state index is 0.452. The van der Waals surface area contributed by atoms with E-state index in [0.717, 1.165) is 48.8 Å². The Kier molecular flexibility index (Phi) is 5.85. The van der Waals surface area contributed by atoms with E-state index in [1.165, 1.54) is 19.3 Å². The number of hydrogen-bond acceptors (Lipinski definition) is 7. The molecular weight excluding hydrogens is 364 g/mol. The number of likely N-dealkylation sites (tertiary alicyclic amines) is 1. The van der Waals surface area contributed by atoms with Gasteiger partial charge in [0.15, 0.2) is 0 Å². The van der Waals surface area contributed by atoms with Gasteiger partial charge < -0.3 is 15.0 Å². The Morgan fingerprint density at radius 3 is 2.72 bits per heavy atom. The third-order valence-corrected chi connectivity index (χ3v) is 6.10. The zero-order chi connectivity index (χ0) is 20.1. The fourth-order valence-electron chi connectivity index (χ4n) is 4.35. The summed E-state index contributed by atoms with van der Waals surface area (Å²) < 4.78 is 5.51. The van der Waals surface area contributed by atoms with E-state index in [1.807, 2.05) is 18.2 Å². The van der Waals surface area contributed by atoms with E-state index in [2.05, 4.69) is 31.9 Å². The van der Waals surface area contributed by atoms with Gasteiger partial charge in [0, 0.05) is 43.8 Å². The SMILES string of the molecule is C=N/C(=C1/C=CN=C(OC)/C1=N/Cc1ccncc1)N1CCC2(CCNC2)CC1. The van der Waals surface area contributed by atoms with Crippen LogP contribution in [0.25, 0.3) is 0 Å². The summed E-state index contributed by atoms with van der Waals surface area (Å²) in [5, 5.41) is 3.52. The number of hydrogen-bond donors (Lipinski definition) is 1. The second kappa shape index (κ2) is 8.69. The van der Waals surface area contributed by atoms with Crippen molar-refractivity contribution in [3.63, 3.8) is 0 Å². The zero-order valence-corrected chi connectivity index (χ0v) is 17.0. The average molecular weight is 393 g/mol. The van der Waals surface area contributed by atoms with Gasteiger partial charge in [-0.25, -0.2) is 9.98 Å². The molecule has 1 N–H and O–H groups in total. The van der Waals surface area contributed by atoms with Crippen LogP contribution in [0.4, 0.5) is 0 Å². The molecule has 4 rings (SSSR count). The zero-order valence-electron chi connectivity index (χ0n) is 17.0. The lowest BCUT2D eigenvalue weighted by molar-refractivity contribution is 0.144. The first kappa shape index (κ1) is 19.5. The molecule has 1 spiro atoms. The number of aromatic nitrogens is 1. The number of methoxy groups -OCH3 is 1. The first-order valence-electron chi connectivity index (χ1n) is 10.1. The second-order valence-corrected chi connectivity index (χ2v) is 7.78. The van der Waals surface area contributed by atoms with E-state index in [0.29, 0.717) is 17.9 Å². The van der Waals surface area contributed by atoms with Crippen LogP contribution in [0.3, 0.4) is 0 Å². The third-order valence-electron chi connectivity index (χ3n) is 6.10. The molecule has 2 fully saturated rings. The van der Waals surface area contributed by atoms with Gasteiger partial charge in [0.1, 0.15) is 11.5 Å². The Balaban J connectivity index is 1.61. The fraction of sp³-hybridized carbons (Fsp3) is 0.455. The van der Waals surface area contributed by atoms with Crippen molar-refractivity contribution in [3.05, 3.63) is 53.8 Å². The summed E-state index contributed by atoms with van der Waals surface area (Å²) in [4.78, 5) is 20.0. The number of nitrogens with one attached hydrogen (secondary N) is 1. The molecular formula is C22H28N6O. The normalized spacial score (nSPS) is 24.0. The van der Waals surface area contributed by atoms with E-state index in [9.17, 15) is 0 Å². The molecule has 7 heteroatoms. The summed E-state index contributed by atoms with van der Waals surface area (Å²) >= 11 is 0. The van der Waals surface area contributed by atoms with E-state index in [1.54, 1.807) is 25.7 Å². The maximum Gasteiger partial charge on any atom is 0.239 e. The standard InChI is InChI=1S/C22H28N6O/c1-23-20(28-13-7-22(8-14-28)6-12-25-16-22)18-5-11-26-21(29-2)19(18)27-15-17-3-9-24-10-4-17/h3-5,9-11,25H,1,6-8,12-16H2,2H3/b20-18+,27-19+. The Bertz CT molecular complexity index is 855.